The monoisotopic (exact) mass is 378 g/mol. The van der Waals surface area contributed by atoms with Crippen molar-refractivity contribution in [3.05, 3.63) is 53.1 Å². The van der Waals surface area contributed by atoms with Gasteiger partial charge in [0, 0.05) is 10.7 Å². The Bertz CT molecular complexity index is 823. The molecule has 2 aromatic rings. The predicted octanol–water partition coefficient (Wildman–Crippen LogP) is 2.56. The quantitative estimate of drug-likeness (QED) is 0.689. The van der Waals surface area contributed by atoms with Gasteiger partial charge >= 0.3 is 12.0 Å². The summed E-state index contributed by atoms with van der Waals surface area (Å²) in [6.07, 6.45) is 0. The van der Waals surface area contributed by atoms with Gasteiger partial charge in [-0.3, -0.25) is 10.1 Å². The third-order valence-electron chi connectivity index (χ3n) is 3.11. The first-order chi connectivity index (χ1) is 12.4. The lowest BCUT2D eigenvalue weighted by atomic mass is 10.2. The molecule has 2 aromatic carbocycles. The molecular formula is C17H15ClN2O6. The maximum Gasteiger partial charge on any atom is 0.342 e. The molecule has 2 rings (SSSR count). The van der Waals surface area contributed by atoms with Crippen molar-refractivity contribution in [2.24, 2.45) is 0 Å². The summed E-state index contributed by atoms with van der Waals surface area (Å²) in [6, 6.07) is 9.48. The van der Waals surface area contributed by atoms with Gasteiger partial charge < -0.3 is 19.9 Å². The number of phenols is 1. The van der Waals surface area contributed by atoms with Crippen LogP contribution in [0, 0.1) is 0 Å². The SMILES string of the molecule is COc1ccc(NC(=O)NC(=O)COC(=O)c2ccc(Cl)cc2O)cc1. The molecule has 8 nitrogen and oxygen atoms in total. The molecule has 9 heteroatoms. The van der Waals surface area contributed by atoms with Gasteiger partial charge in [0.15, 0.2) is 6.61 Å². The number of benzene rings is 2. The second-order valence-corrected chi connectivity index (χ2v) is 5.40. The summed E-state index contributed by atoms with van der Waals surface area (Å²) >= 11 is 5.66. The molecule has 3 amide bonds. The molecule has 3 N–H and O–H groups in total. The van der Waals surface area contributed by atoms with Crippen molar-refractivity contribution in [1.82, 2.24) is 5.32 Å². The Hall–Kier alpha value is -3.26. The van der Waals surface area contributed by atoms with Gasteiger partial charge in [0.1, 0.15) is 17.1 Å². The number of phenolic OH excluding ortho intramolecular Hbond substituents is 1. The molecule has 0 saturated heterocycles. The molecule has 0 saturated carbocycles. The second kappa shape index (κ2) is 8.72. The summed E-state index contributed by atoms with van der Waals surface area (Å²) in [5.41, 5.74) is 0.295. The summed E-state index contributed by atoms with van der Waals surface area (Å²) in [4.78, 5) is 35.2. The lowest BCUT2D eigenvalue weighted by Crippen LogP contribution is -2.37. The van der Waals surface area contributed by atoms with E-state index in [0.29, 0.717) is 11.4 Å². The van der Waals surface area contributed by atoms with Crippen molar-refractivity contribution in [3.8, 4) is 11.5 Å². The molecular weight excluding hydrogens is 364 g/mol. The number of aromatic hydroxyl groups is 1. The van der Waals surface area contributed by atoms with Crippen LogP contribution in [0.5, 0.6) is 11.5 Å². The fraction of sp³-hybridized carbons (Fsp3) is 0.118. The highest BCUT2D eigenvalue weighted by atomic mass is 35.5. The van der Waals surface area contributed by atoms with Crippen LogP contribution in [0.15, 0.2) is 42.5 Å². The molecule has 0 unspecified atom stereocenters. The average Bonchev–Trinajstić information content (AvgIpc) is 2.60. The van der Waals surface area contributed by atoms with E-state index in [-0.39, 0.29) is 16.3 Å². The second-order valence-electron chi connectivity index (χ2n) is 4.97. The van der Waals surface area contributed by atoms with E-state index in [1.807, 2.05) is 5.32 Å². The van der Waals surface area contributed by atoms with Crippen LogP contribution >= 0.6 is 11.6 Å². The summed E-state index contributed by atoms with van der Waals surface area (Å²) in [5.74, 6) is -1.52. The maximum atomic E-state index is 11.8. The van der Waals surface area contributed by atoms with Crippen molar-refractivity contribution < 1.29 is 29.0 Å². The van der Waals surface area contributed by atoms with Crippen molar-refractivity contribution in [2.75, 3.05) is 19.0 Å². The number of methoxy groups -OCH3 is 1. The Morgan fingerprint density at radius 1 is 1.12 bits per heavy atom. The normalized spacial score (nSPS) is 9.92. The molecule has 0 bridgehead atoms. The highest BCUT2D eigenvalue weighted by Crippen LogP contribution is 2.22. The van der Waals surface area contributed by atoms with Gasteiger partial charge in [-0.2, -0.15) is 0 Å². The average molecular weight is 379 g/mol. The van der Waals surface area contributed by atoms with Crippen molar-refractivity contribution >= 4 is 35.2 Å². The highest BCUT2D eigenvalue weighted by Gasteiger charge is 2.16. The number of anilines is 1. The molecule has 0 heterocycles. The Kier molecular flexibility index (Phi) is 6.40. The predicted molar refractivity (Wildman–Crippen MR) is 93.6 cm³/mol. The van der Waals surface area contributed by atoms with Crippen LogP contribution in [0.2, 0.25) is 5.02 Å². The van der Waals surface area contributed by atoms with Crippen LogP contribution in [0.3, 0.4) is 0 Å². The van der Waals surface area contributed by atoms with E-state index in [1.165, 1.54) is 25.3 Å². The van der Waals surface area contributed by atoms with Crippen molar-refractivity contribution in [1.29, 1.82) is 0 Å². The first kappa shape index (κ1) is 19.1. The molecule has 0 fully saturated rings. The fourth-order valence-corrected chi connectivity index (χ4v) is 2.05. The number of hydrogen-bond acceptors (Lipinski definition) is 6. The fourth-order valence-electron chi connectivity index (χ4n) is 1.89. The van der Waals surface area contributed by atoms with Crippen LogP contribution in [-0.4, -0.2) is 36.7 Å². The number of carbonyl (C=O) groups is 3. The summed E-state index contributed by atoms with van der Waals surface area (Å²) in [7, 11) is 1.51. The number of rotatable bonds is 5. The number of imide groups is 1. The molecule has 0 aromatic heterocycles. The van der Waals surface area contributed by atoms with E-state index in [4.69, 9.17) is 21.1 Å². The number of amides is 3. The van der Waals surface area contributed by atoms with Crippen LogP contribution in [-0.2, 0) is 9.53 Å². The van der Waals surface area contributed by atoms with E-state index in [0.717, 1.165) is 0 Å². The first-order valence-corrected chi connectivity index (χ1v) is 7.67. The van der Waals surface area contributed by atoms with Gasteiger partial charge in [0.25, 0.3) is 5.91 Å². The molecule has 0 aliphatic rings. The van der Waals surface area contributed by atoms with Crippen molar-refractivity contribution in [3.63, 3.8) is 0 Å². The third-order valence-corrected chi connectivity index (χ3v) is 3.35. The third kappa shape index (κ3) is 5.38. The van der Waals surface area contributed by atoms with E-state index in [1.54, 1.807) is 24.3 Å². The molecule has 0 radical (unpaired) electrons. The highest BCUT2D eigenvalue weighted by molar-refractivity contribution is 6.30. The number of urea groups is 1. The Labute approximate surface area is 153 Å². The van der Waals surface area contributed by atoms with Crippen molar-refractivity contribution in [2.45, 2.75) is 0 Å². The summed E-state index contributed by atoms with van der Waals surface area (Å²) in [5, 5.41) is 14.3. The lowest BCUT2D eigenvalue weighted by molar-refractivity contribution is -0.123. The minimum Gasteiger partial charge on any atom is -0.507 e. The zero-order chi connectivity index (χ0) is 19.1. The van der Waals surface area contributed by atoms with Crippen LogP contribution in [0.4, 0.5) is 10.5 Å². The number of halogens is 1. The molecule has 0 aliphatic heterocycles. The molecule has 136 valence electrons. The van der Waals surface area contributed by atoms with Crippen LogP contribution in [0.1, 0.15) is 10.4 Å². The largest absolute Gasteiger partial charge is 0.507 e. The Morgan fingerprint density at radius 3 is 2.42 bits per heavy atom. The maximum absolute atomic E-state index is 11.8. The lowest BCUT2D eigenvalue weighted by Gasteiger charge is -2.08. The van der Waals surface area contributed by atoms with E-state index in [9.17, 15) is 19.5 Å². The van der Waals surface area contributed by atoms with Gasteiger partial charge in [-0.1, -0.05) is 11.6 Å². The van der Waals surface area contributed by atoms with E-state index < -0.39 is 24.5 Å². The molecule has 0 aliphatic carbocycles. The molecule has 0 atom stereocenters. The standard InChI is InChI=1S/C17H15ClN2O6/c1-25-12-5-3-11(4-6-12)19-17(24)20-15(22)9-26-16(23)13-7-2-10(18)8-14(13)21/h2-8,21H,9H2,1H3,(H2,19,20,22,24). The Morgan fingerprint density at radius 2 is 1.81 bits per heavy atom. The summed E-state index contributed by atoms with van der Waals surface area (Å²) < 4.78 is 9.73. The number of esters is 1. The minimum absolute atomic E-state index is 0.148. The first-order valence-electron chi connectivity index (χ1n) is 7.29. The number of ether oxygens (including phenoxy) is 2. The topological polar surface area (TPSA) is 114 Å². The summed E-state index contributed by atoms with van der Waals surface area (Å²) in [6.45, 7) is -0.697. The zero-order valence-corrected chi connectivity index (χ0v) is 14.4. The van der Waals surface area contributed by atoms with E-state index in [2.05, 4.69) is 5.32 Å². The number of carbonyl (C=O) groups excluding carboxylic acids is 3. The minimum atomic E-state index is -0.926. The van der Waals surface area contributed by atoms with Crippen LogP contribution in [0.25, 0.3) is 0 Å². The van der Waals surface area contributed by atoms with Gasteiger partial charge in [0.2, 0.25) is 0 Å². The number of nitrogens with one attached hydrogen (secondary N) is 2. The van der Waals surface area contributed by atoms with Gasteiger partial charge in [-0.25, -0.2) is 9.59 Å². The van der Waals surface area contributed by atoms with Gasteiger partial charge in [0.05, 0.1) is 7.11 Å². The molecule has 26 heavy (non-hydrogen) atoms. The van der Waals surface area contributed by atoms with Crippen LogP contribution < -0.4 is 15.4 Å². The number of hydrogen-bond donors (Lipinski definition) is 3. The van der Waals surface area contributed by atoms with E-state index >= 15 is 0 Å². The van der Waals surface area contributed by atoms with Gasteiger partial charge in [-0.05, 0) is 42.5 Å². The zero-order valence-electron chi connectivity index (χ0n) is 13.6. The smallest absolute Gasteiger partial charge is 0.342 e. The van der Waals surface area contributed by atoms with Gasteiger partial charge in [-0.15, -0.1) is 0 Å². The molecule has 0 spiro atoms. The Balaban J connectivity index is 1.81.